The highest BCUT2D eigenvalue weighted by atomic mass is 16.5. The molecule has 2 aromatic rings. The van der Waals surface area contributed by atoms with Crippen molar-refractivity contribution in [2.75, 3.05) is 27.3 Å². The standard InChI is InChI=1S/C20H30N6O3/c1-20(2,3)26-19(22-23-24-26)17(25-10-8-13(9-11-25)18(21)27)14-6-7-15(28-4)16(12-14)29-5/h6-7,12-13,17H,8-11H2,1-5H3,(H2,21,27). The van der Waals surface area contributed by atoms with E-state index >= 15 is 0 Å². The minimum atomic E-state index is -0.279. The lowest BCUT2D eigenvalue weighted by atomic mass is 9.93. The molecule has 1 aliphatic rings. The fourth-order valence-electron chi connectivity index (χ4n) is 3.83. The van der Waals surface area contributed by atoms with Crippen LogP contribution >= 0.6 is 0 Å². The van der Waals surface area contributed by atoms with Crippen molar-refractivity contribution in [3.63, 3.8) is 0 Å². The van der Waals surface area contributed by atoms with E-state index in [-0.39, 0.29) is 23.4 Å². The molecule has 0 radical (unpaired) electrons. The molecule has 0 bridgehead atoms. The van der Waals surface area contributed by atoms with Crippen molar-refractivity contribution in [1.29, 1.82) is 0 Å². The number of nitrogens with zero attached hydrogens (tertiary/aromatic N) is 5. The van der Waals surface area contributed by atoms with Crippen LogP contribution in [-0.4, -0.2) is 58.3 Å². The van der Waals surface area contributed by atoms with Gasteiger partial charge in [-0.15, -0.1) is 5.10 Å². The SMILES string of the molecule is COc1ccc(C(c2nnnn2C(C)(C)C)N2CCC(C(N)=O)CC2)cc1OC. The van der Waals surface area contributed by atoms with Gasteiger partial charge in [0.15, 0.2) is 17.3 Å². The second kappa shape index (κ2) is 8.36. The summed E-state index contributed by atoms with van der Waals surface area (Å²) in [6, 6.07) is 5.68. The lowest BCUT2D eigenvalue weighted by molar-refractivity contribution is -0.123. The number of rotatable bonds is 6. The summed E-state index contributed by atoms with van der Waals surface area (Å²) >= 11 is 0. The molecule has 1 aromatic carbocycles. The van der Waals surface area contributed by atoms with Crippen molar-refractivity contribution >= 4 is 5.91 Å². The van der Waals surface area contributed by atoms with Crippen LogP contribution in [0.2, 0.25) is 0 Å². The Morgan fingerprint density at radius 1 is 1.17 bits per heavy atom. The first-order chi connectivity index (χ1) is 13.8. The van der Waals surface area contributed by atoms with Gasteiger partial charge in [0.1, 0.15) is 0 Å². The van der Waals surface area contributed by atoms with E-state index in [9.17, 15) is 4.79 Å². The maximum atomic E-state index is 11.6. The number of tetrazole rings is 1. The number of primary amides is 1. The molecule has 0 saturated carbocycles. The fraction of sp³-hybridized carbons (Fsp3) is 0.600. The largest absolute Gasteiger partial charge is 0.493 e. The van der Waals surface area contributed by atoms with Gasteiger partial charge in [-0.2, -0.15) is 0 Å². The van der Waals surface area contributed by atoms with Gasteiger partial charge in [0, 0.05) is 5.92 Å². The molecule has 1 amide bonds. The molecule has 1 atom stereocenters. The molecular weight excluding hydrogens is 372 g/mol. The maximum absolute atomic E-state index is 11.6. The quantitative estimate of drug-likeness (QED) is 0.784. The van der Waals surface area contributed by atoms with Crippen LogP contribution < -0.4 is 15.2 Å². The number of nitrogens with two attached hydrogens (primary N) is 1. The Kier molecular flexibility index (Phi) is 6.07. The lowest BCUT2D eigenvalue weighted by Gasteiger charge is -2.37. The molecule has 9 nitrogen and oxygen atoms in total. The summed E-state index contributed by atoms with van der Waals surface area (Å²) in [6.45, 7) is 7.65. The molecule has 158 valence electrons. The zero-order valence-electron chi connectivity index (χ0n) is 17.8. The molecule has 0 aliphatic carbocycles. The second-order valence-corrected chi connectivity index (χ2v) is 8.35. The van der Waals surface area contributed by atoms with E-state index in [1.807, 2.05) is 22.9 Å². The van der Waals surface area contributed by atoms with Crippen molar-refractivity contribution in [2.24, 2.45) is 11.7 Å². The smallest absolute Gasteiger partial charge is 0.220 e. The molecule has 29 heavy (non-hydrogen) atoms. The van der Waals surface area contributed by atoms with Gasteiger partial charge in [-0.3, -0.25) is 9.69 Å². The van der Waals surface area contributed by atoms with E-state index in [4.69, 9.17) is 15.2 Å². The van der Waals surface area contributed by atoms with E-state index in [0.29, 0.717) is 11.5 Å². The molecule has 1 fully saturated rings. The van der Waals surface area contributed by atoms with Gasteiger partial charge in [0.25, 0.3) is 0 Å². The molecule has 1 aromatic heterocycles. The predicted octanol–water partition coefficient (Wildman–Crippen LogP) is 1.73. The summed E-state index contributed by atoms with van der Waals surface area (Å²) in [4.78, 5) is 13.9. The number of carbonyl (C=O) groups is 1. The first-order valence-corrected chi connectivity index (χ1v) is 9.80. The van der Waals surface area contributed by atoms with E-state index in [0.717, 1.165) is 37.3 Å². The van der Waals surface area contributed by atoms with Crippen LogP contribution in [0, 0.1) is 5.92 Å². The number of piperidine rings is 1. The van der Waals surface area contributed by atoms with Crippen LogP contribution in [0.4, 0.5) is 0 Å². The van der Waals surface area contributed by atoms with Gasteiger partial charge in [-0.1, -0.05) is 6.07 Å². The lowest BCUT2D eigenvalue weighted by Crippen LogP contribution is -2.42. The molecule has 1 aliphatic heterocycles. The number of aromatic nitrogens is 4. The van der Waals surface area contributed by atoms with Crippen LogP contribution in [0.5, 0.6) is 11.5 Å². The first kappa shape index (κ1) is 21.0. The molecule has 1 saturated heterocycles. The van der Waals surface area contributed by atoms with Gasteiger partial charge in [0.05, 0.1) is 25.8 Å². The Morgan fingerprint density at radius 2 is 1.83 bits per heavy atom. The molecule has 3 rings (SSSR count). The minimum Gasteiger partial charge on any atom is -0.493 e. The highest BCUT2D eigenvalue weighted by Crippen LogP contribution is 2.37. The molecule has 0 spiro atoms. The third-order valence-corrected chi connectivity index (χ3v) is 5.39. The zero-order valence-corrected chi connectivity index (χ0v) is 17.8. The van der Waals surface area contributed by atoms with Crippen LogP contribution in [0.3, 0.4) is 0 Å². The summed E-state index contributed by atoms with van der Waals surface area (Å²) < 4.78 is 12.8. The summed E-state index contributed by atoms with van der Waals surface area (Å²) in [5.74, 6) is 1.75. The number of methoxy groups -OCH3 is 2. The van der Waals surface area contributed by atoms with E-state index in [1.165, 1.54) is 0 Å². The number of hydrogen-bond acceptors (Lipinski definition) is 7. The monoisotopic (exact) mass is 402 g/mol. The number of hydrogen-bond donors (Lipinski definition) is 1. The average Bonchev–Trinajstić information content (AvgIpc) is 3.18. The van der Waals surface area contributed by atoms with E-state index in [2.05, 4.69) is 41.2 Å². The average molecular weight is 402 g/mol. The summed E-state index contributed by atoms with van der Waals surface area (Å²) in [5.41, 5.74) is 6.24. The van der Waals surface area contributed by atoms with E-state index in [1.54, 1.807) is 14.2 Å². The number of carbonyl (C=O) groups excluding carboxylic acids is 1. The highest BCUT2D eigenvalue weighted by molar-refractivity contribution is 5.76. The number of benzene rings is 1. The molecule has 9 heteroatoms. The summed E-state index contributed by atoms with van der Waals surface area (Å²) in [6.07, 6.45) is 1.44. The van der Waals surface area contributed by atoms with E-state index < -0.39 is 0 Å². The van der Waals surface area contributed by atoms with Crippen molar-refractivity contribution in [3.8, 4) is 11.5 Å². The third-order valence-electron chi connectivity index (χ3n) is 5.39. The Hall–Kier alpha value is -2.68. The normalized spacial score (nSPS) is 17.1. The van der Waals surface area contributed by atoms with Crippen LogP contribution in [0.1, 0.15) is 51.0 Å². The minimum absolute atomic E-state index is 0.0871. The van der Waals surface area contributed by atoms with Gasteiger partial charge >= 0.3 is 0 Å². The summed E-state index contributed by atoms with van der Waals surface area (Å²) in [5, 5.41) is 12.6. The maximum Gasteiger partial charge on any atom is 0.220 e. The fourth-order valence-corrected chi connectivity index (χ4v) is 3.83. The predicted molar refractivity (Wildman–Crippen MR) is 108 cm³/mol. The van der Waals surface area contributed by atoms with Gasteiger partial charge in [-0.25, -0.2) is 4.68 Å². The van der Waals surface area contributed by atoms with Crippen LogP contribution in [-0.2, 0) is 10.3 Å². The Balaban J connectivity index is 2.04. The highest BCUT2D eigenvalue weighted by Gasteiger charge is 2.35. The van der Waals surface area contributed by atoms with Crippen LogP contribution in [0.25, 0.3) is 0 Å². The zero-order chi connectivity index (χ0) is 21.2. The molecular formula is C20H30N6O3. The third kappa shape index (κ3) is 4.34. The number of ether oxygens (including phenoxy) is 2. The Morgan fingerprint density at radius 3 is 2.38 bits per heavy atom. The van der Waals surface area contributed by atoms with Gasteiger partial charge in [0.2, 0.25) is 5.91 Å². The van der Waals surface area contributed by atoms with Crippen molar-refractivity contribution in [2.45, 2.75) is 45.2 Å². The Labute approximate surface area is 171 Å². The molecule has 1 unspecified atom stereocenters. The topological polar surface area (TPSA) is 108 Å². The van der Waals surface area contributed by atoms with Crippen molar-refractivity contribution in [3.05, 3.63) is 29.6 Å². The van der Waals surface area contributed by atoms with Crippen molar-refractivity contribution < 1.29 is 14.3 Å². The van der Waals surface area contributed by atoms with Crippen molar-refractivity contribution in [1.82, 2.24) is 25.1 Å². The first-order valence-electron chi connectivity index (χ1n) is 9.80. The van der Waals surface area contributed by atoms with Gasteiger partial charge < -0.3 is 15.2 Å². The van der Waals surface area contributed by atoms with Gasteiger partial charge in [-0.05, 0) is 74.8 Å². The second-order valence-electron chi connectivity index (χ2n) is 8.35. The molecule has 2 N–H and O–H groups in total. The molecule has 2 heterocycles. The number of likely N-dealkylation sites (tertiary alicyclic amines) is 1. The number of amides is 1. The van der Waals surface area contributed by atoms with Crippen LogP contribution in [0.15, 0.2) is 18.2 Å². The Bertz CT molecular complexity index is 852. The summed E-state index contributed by atoms with van der Waals surface area (Å²) in [7, 11) is 3.23.